The Bertz CT molecular complexity index is 546. The third kappa shape index (κ3) is 2.01. The normalized spacial score (nSPS) is 27.7. The Morgan fingerprint density at radius 1 is 1.33 bits per heavy atom. The molecule has 1 saturated heterocycles. The maximum atomic E-state index is 13.1. The number of aromatic nitrogens is 2. The molecule has 5 nitrogen and oxygen atoms in total. The number of nitrogens with one attached hydrogen (secondary N) is 1. The van der Waals surface area contributed by atoms with E-state index in [0.29, 0.717) is 5.91 Å². The Labute approximate surface area is 126 Å². The molecule has 1 aliphatic carbocycles. The van der Waals surface area contributed by atoms with Crippen LogP contribution in [0.3, 0.4) is 0 Å². The lowest BCUT2D eigenvalue weighted by atomic mass is 10.0. The lowest BCUT2D eigenvalue weighted by Gasteiger charge is -2.36. The summed E-state index contributed by atoms with van der Waals surface area (Å²) in [4.78, 5) is 19.6. The average molecular weight is 290 g/mol. The molecule has 0 aromatic carbocycles. The predicted octanol–water partition coefficient (Wildman–Crippen LogP) is 1.58. The van der Waals surface area contributed by atoms with Gasteiger partial charge in [-0.25, -0.2) is 4.98 Å². The summed E-state index contributed by atoms with van der Waals surface area (Å²) in [6.07, 6.45) is 3.75. The molecule has 2 aliphatic rings. The van der Waals surface area contributed by atoms with E-state index in [4.69, 9.17) is 0 Å². The summed E-state index contributed by atoms with van der Waals surface area (Å²) in [6, 6.07) is 0.0402. The van der Waals surface area contributed by atoms with Crippen molar-refractivity contribution in [2.45, 2.75) is 33.7 Å². The highest BCUT2D eigenvalue weighted by Crippen LogP contribution is 2.69. The van der Waals surface area contributed by atoms with Gasteiger partial charge in [0.15, 0.2) is 0 Å². The van der Waals surface area contributed by atoms with E-state index in [1.807, 2.05) is 22.7 Å². The zero-order valence-electron chi connectivity index (χ0n) is 13.7. The van der Waals surface area contributed by atoms with Crippen LogP contribution in [0.2, 0.25) is 0 Å². The fourth-order valence-electron chi connectivity index (χ4n) is 3.88. The Kier molecular flexibility index (Phi) is 3.17. The minimum absolute atomic E-state index is 0.0402. The predicted molar refractivity (Wildman–Crippen MR) is 81.6 cm³/mol. The number of hydrogen-bond donors (Lipinski definition) is 1. The van der Waals surface area contributed by atoms with Crippen LogP contribution in [0.1, 0.15) is 39.6 Å². The van der Waals surface area contributed by atoms with Crippen molar-refractivity contribution in [2.24, 2.45) is 23.8 Å². The molecule has 1 aromatic heterocycles. The van der Waals surface area contributed by atoms with E-state index in [0.717, 1.165) is 25.5 Å². The van der Waals surface area contributed by atoms with Crippen LogP contribution in [-0.4, -0.2) is 40.0 Å². The molecule has 1 atom stereocenters. The van der Waals surface area contributed by atoms with Gasteiger partial charge in [0.05, 0.1) is 0 Å². The Morgan fingerprint density at radius 3 is 2.52 bits per heavy atom. The van der Waals surface area contributed by atoms with Gasteiger partial charge < -0.3 is 14.8 Å². The highest BCUT2D eigenvalue weighted by molar-refractivity contribution is 5.84. The van der Waals surface area contributed by atoms with E-state index in [1.54, 1.807) is 6.20 Å². The number of aryl methyl sites for hydroxylation is 1. The first-order valence-corrected chi connectivity index (χ1v) is 7.77. The molecule has 5 heteroatoms. The van der Waals surface area contributed by atoms with Crippen LogP contribution < -0.4 is 5.32 Å². The van der Waals surface area contributed by atoms with Crippen LogP contribution in [-0.2, 0) is 11.8 Å². The van der Waals surface area contributed by atoms with Crippen molar-refractivity contribution in [3.8, 4) is 0 Å². The molecule has 1 unspecified atom stereocenters. The van der Waals surface area contributed by atoms with Crippen molar-refractivity contribution in [3.05, 3.63) is 18.2 Å². The van der Waals surface area contributed by atoms with Gasteiger partial charge in [0.1, 0.15) is 11.9 Å². The maximum absolute atomic E-state index is 13.1. The molecule has 21 heavy (non-hydrogen) atoms. The van der Waals surface area contributed by atoms with Gasteiger partial charge in [-0.15, -0.1) is 0 Å². The second-order valence-corrected chi connectivity index (χ2v) is 7.52. The third-order valence-corrected chi connectivity index (χ3v) is 5.95. The van der Waals surface area contributed by atoms with Gasteiger partial charge in [-0.1, -0.05) is 27.7 Å². The van der Waals surface area contributed by atoms with Gasteiger partial charge in [-0.3, -0.25) is 4.79 Å². The van der Waals surface area contributed by atoms with E-state index in [2.05, 4.69) is 38.0 Å². The highest BCUT2D eigenvalue weighted by atomic mass is 16.2. The molecule has 2 heterocycles. The minimum Gasteiger partial charge on any atom is -0.336 e. The summed E-state index contributed by atoms with van der Waals surface area (Å²) < 4.78 is 2.02. The molecular formula is C16H26N4O. The molecule has 0 spiro atoms. The molecule has 1 aromatic rings. The van der Waals surface area contributed by atoms with Crippen LogP contribution in [0.4, 0.5) is 0 Å². The molecule has 116 valence electrons. The number of rotatable bonds is 2. The number of amides is 1. The largest absolute Gasteiger partial charge is 0.336 e. The van der Waals surface area contributed by atoms with Crippen LogP contribution in [0.15, 0.2) is 12.4 Å². The van der Waals surface area contributed by atoms with E-state index < -0.39 is 0 Å². The minimum atomic E-state index is 0.0402. The van der Waals surface area contributed by atoms with E-state index in [1.165, 1.54) is 0 Å². The molecule has 1 amide bonds. The van der Waals surface area contributed by atoms with Gasteiger partial charge in [-0.2, -0.15) is 0 Å². The topological polar surface area (TPSA) is 50.2 Å². The number of hydrogen-bond acceptors (Lipinski definition) is 3. The van der Waals surface area contributed by atoms with Crippen molar-refractivity contribution in [2.75, 3.05) is 19.6 Å². The SMILES string of the molecule is Cn1ccnc1C1CNCCN1C(=O)C1C(C)(C)C1(C)C. The summed E-state index contributed by atoms with van der Waals surface area (Å²) >= 11 is 0. The van der Waals surface area contributed by atoms with Crippen molar-refractivity contribution in [1.29, 1.82) is 0 Å². The lowest BCUT2D eigenvalue weighted by molar-refractivity contribution is -0.137. The average Bonchev–Trinajstić information content (AvgIpc) is 2.74. The molecule has 3 rings (SSSR count). The maximum Gasteiger partial charge on any atom is 0.227 e. The number of nitrogens with zero attached hydrogens (tertiary/aromatic N) is 3. The van der Waals surface area contributed by atoms with Gasteiger partial charge in [-0.05, 0) is 10.8 Å². The van der Waals surface area contributed by atoms with Crippen molar-refractivity contribution < 1.29 is 4.79 Å². The first-order chi connectivity index (χ1) is 9.78. The van der Waals surface area contributed by atoms with Gasteiger partial charge in [0.25, 0.3) is 0 Å². The van der Waals surface area contributed by atoms with E-state index >= 15 is 0 Å². The van der Waals surface area contributed by atoms with Crippen LogP contribution in [0.5, 0.6) is 0 Å². The molecule has 1 saturated carbocycles. The fraction of sp³-hybridized carbons (Fsp3) is 0.750. The van der Waals surface area contributed by atoms with Gasteiger partial charge >= 0.3 is 0 Å². The zero-order valence-corrected chi connectivity index (χ0v) is 13.7. The molecule has 2 fully saturated rings. The summed E-state index contributed by atoms with van der Waals surface area (Å²) in [5, 5.41) is 3.39. The first-order valence-electron chi connectivity index (χ1n) is 7.77. The molecule has 0 bridgehead atoms. The third-order valence-electron chi connectivity index (χ3n) is 5.95. The van der Waals surface area contributed by atoms with E-state index in [9.17, 15) is 4.79 Å². The molecule has 1 N–H and O–H groups in total. The van der Waals surface area contributed by atoms with Crippen molar-refractivity contribution in [3.63, 3.8) is 0 Å². The monoisotopic (exact) mass is 290 g/mol. The Hall–Kier alpha value is -1.36. The first kappa shape index (κ1) is 14.6. The summed E-state index contributed by atoms with van der Waals surface area (Å²) in [5.74, 6) is 1.37. The van der Waals surface area contributed by atoms with Gasteiger partial charge in [0, 0.05) is 45.0 Å². The smallest absolute Gasteiger partial charge is 0.227 e. The summed E-state index contributed by atoms with van der Waals surface area (Å²) in [7, 11) is 1.99. The highest BCUT2D eigenvalue weighted by Gasteiger charge is 2.69. The summed E-state index contributed by atoms with van der Waals surface area (Å²) in [6.45, 7) is 11.2. The quantitative estimate of drug-likeness (QED) is 0.899. The Morgan fingerprint density at radius 2 is 2.00 bits per heavy atom. The summed E-state index contributed by atoms with van der Waals surface area (Å²) in [5.41, 5.74) is 0.169. The van der Waals surface area contributed by atoms with Crippen LogP contribution in [0.25, 0.3) is 0 Å². The lowest BCUT2D eigenvalue weighted by Crippen LogP contribution is -2.50. The van der Waals surface area contributed by atoms with Crippen molar-refractivity contribution >= 4 is 5.91 Å². The number of carbonyl (C=O) groups excluding carboxylic acids is 1. The standard InChI is InChI=1S/C16H26N4O/c1-15(2)12(16(15,3)4)14(21)20-9-6-17-10-11(20)13-18-7-8-19(13)5/h7-8,11-12,17H,6,9-10H2,1-5H3. The number of imidazole rings is 1. The van der Waals surface area contributed by atoms with Crippen molar-refractivity contribution in [1.82, 2.24) is 19.8 Å². The number of carbonyl (C=O) groups is 1. The molecule has 0 radical (unpaired) electrons. The van der Waals surface area contributed by atoms with Crippen LogP contribution in [0, 0.1) is 16.7 Å². The van der Waals surface area contributed by atoms with Crippen LogP contribution >= 0.6 is 0 Å². The number of piperazine rings is 1. The molecule has 1 aliphatic heterocycles. The van der Waals surface area contributed by atoms with E-state index in [-0.39, 0.29) is 22.8 Å². The Balaban J connectivity index is 1.86. The second-order valence-electron chi connectivity index (χ2n) is 7.52. The zero-order chi connectivity index (χ0) is 15.4. The molecular weight excluding hydrogens is 264 g/mol. The van der Waals surface area contributed by atoms with Gasteiger partial charge in [0.2, 0.25) is 5.91 Å². The second kappa shape index (κ2) is 4.57. The fourth-order valence-corrected chi connectivity index (χ4v) is 3.88.